The molecular weight excluding hydrogens is 418 g/mol. The average Bonchev–Trinajstić information content (AvgIpc) is 3.14. The number of aromatic nitrogens is 2. The van der Waals surface area contributed by atoms with E-state index in [1.54, 1.807) is 6.07 Å². The fourth-order valence-electron chi connectivity index (χ4n) is 4.26. The van der Waals surface area contributed by atoms with Crippen molar-refractivity contribution in [3.05, 3.63) is 81.4 Å². The normalized spacial score (nSPS) is 14.8. The van der Waals surface area contributed by atoms with Crippen molar-refractivity contribution in [3.63, 3.8) is 0 Å². The maximum absolute atomic E-state index is 12.7. The van der Waals surface area contributed by atoms with E-state index in [1.165, 1.54) is 0 Å². The van der Waals surface area contributed by atoms with Gasteiger partial charge in [-0.05, 0) is 44.9 Å². The smallest absolute Gasteiger partial charge is 0.262 e. The van der Waals surface area contributed by atoms with Gasteiger partial charge >= 0.3 is 0 Å². The zero-order valence-electron chi connectivity index (χ0n) is 18.9. The number of fused-ring (bicyclic) bond motifs is 1. The Kier molecular flexibility index (Phi) is 5.80. The Balaban J connectivity index is 1.61. The minimum absolute atomic E-state index is 0.000586. The van der Waals surface area contributed by atoms with E-state index < -0.39 is 5.92 Å². The summed E-state index contributed by atoms with van der Waals surface area (Å²) in [6.45, 7) is 7.60. The maximum atomic E-state index is 12.7. The predicted octanol–water partition coefficient (Wildman–Crippen LogP) is 3.88. The van der Waals surface area contributed by atoms with E-state index in [4.69, 9.17) is 15.2 Å². The molecule has 1 unspecified atom stereocenters. The number of nitrogens with one attached hydrogen (secondary N) is 2. The lowest BCUT2D eigenvalue weighted by atomic mass is 9.83. The van der Waals surface area contributed by atoms with Crippen molar-refractivity contribution >= 4 is 11.6 Å². The van der Waals surface area contributed by atoms with Crippen molar-refractivity contribution in [2.24, 2.45) is 5.73 Å². The molecule has 168 valence electrons. The van der Waals surface area contributed by atoms with Gasteiger partial charge in [-0.3, -0.25) is 9.89 Å². The Morgan fingerprint density at radius 3 is 2.64 bits per heavy atom. The Hall–Kier alpha value is -4.25. The summed E-state index contributed by atoms with van der Waals surface area (Å²) < 4.78 is 11.5. The van der Waals surface area contributed by atoms with Crippen LogP contribution in [0, 0.1) is 39.0 Å². The fraction of sp³-hybridized carbons (Fsp3) is 0.240. The molecule has 4 rings (SSSR count). The number of anilines is 1. The molecule has 1 amide bonds. The molecule has 0 spiro atoms. The Labute approximate surface area is 192 Å². The summed E-state index contributed by atoms with van der Waals surface area (Å²) in [5, 5.41) is 19.8. The van der Waals surface area contributed by atoms with E-state index in [0.29, 0.717) is 22.8 Å². The Morgan fingerprint density at radius 2 is 1.94 bits per heavy atom. The van der Waals surface area contributed by atoms with Crippen molar-refractivity contribution in [2.45, 2.75) is 33.6 Å². The summed E-state index contributed by atoms with van der Waals surface area (Å²) in [7, 11) is 0. The predicted molar refractivity (Wildman–Crippen MR) is 124 cm³/mol. The Morgan fingerprint density at radius 1 is 1.24 bits per heavy atom. The molecule has 8 heteroatoms. The van der Waals surface area contributed by atoms with Crippen molar-refractivity contribution in [3.8, 4) is 17.7 Å². The number of ether oxygens (including phenoxy) is 2. The summed E-state index contributed by atoms with van der Waals surface area (Å²) in [5.41, 5.74) is 12.4. The lowest BCUT2D eigenvalue weighted by Crippen LogP contribution is -2.23. The van der Waals surface area contributed by atoms with E-state index in [2.05, 4.69) is 21.6 Å². The standard InChI is InChI=1S/C25H25N5O3/c1-13-9-14(2)23(15(3)10-13)28-20(31)12-32-19-8-6-5-7-17(19)22-18(11-26)24(27)33-25-21(22)16(4)29-30-25/h5-10,22H,12,27H2,1-4H3,(H,28,31)(H,29,30). The third-order valence-electron chi connectivity index (χ3n) is 5.66. The summed E-state index contributed by atoms with van der Waals surface area (Å²) in [6.07, 6.45) is 0. The van der Waals surface area contributed by atoms with Crippen LogP contribution in [0.1, 0.15) is 39.4 Å². The molecule has 1 aromatic heterocycles. The molecule has 1 aliphatic rings. The zero-order chi connectivity index (χ0) is 23.7. The third-order valence-corrected chi connectivity index (χ3v) is 5.66. The van der Waals surface area contributed by atoms with Gasteiger partial charge in [-0.2, -0.15) is 5.26 Å². The molecule has 33 heavy (non-hydrogen) atoms. The van der Waals surface area contributed by atoms with E-state index in [9.17, 15) is 10.1 Å². The number of nitriles is 1. The van der Waals surface area contributed by atoms with Crippen LogP contribution >= 0.6 is 0 Å². The van der Waals surface area contributed by atoms with Gasteiger partial charge in [-0.15, -0.1) is 5.10 Å². The van der Waals surface area contributed by atoms with Gasteiger partial charge in [0.25, 0.3) is 5.91 Å². The van der Waals surface area contributed by atoms with Crippen LogP contribution in [-0.2, 0) is 4.79 Å². The number of para-hydroxylation sites is 1. The molecule has 1 aliphatic heterocycles. The summed E-state index contributed by atoms with van der Waals surface area (Å²) in [5.74, 6) is -0.00355. The van der Waals surface area contributed by atoms with Gasteiger partial charge in [-0.1, -0.05) is 35.9 Å². The van der Waals surface area contributed by atoms with Gasteiger partial charge in [0, 0.05) is 22.5 Å². The first kappa shape index (κ1) is 22.0. The van der Waals surface area contributed by atoms with Gasteiger partial charge in [-0.25, -0.2) is 0 Å². The molecule has 0 aliphatic carbocycles. The minimum Gasteiger partial charge on any atom is -0.483 e. The monoisotopic (exact) mass is 443 g/mol. The molecule has 0 saturated heterocycles. The first-order valence-electron chi connectivity index (χ1n) is 10.5. The highest BCUT2D eigenvalue weighted by atomic mass is 16.5. The highest BCUT2D eigenvalue weighted by Crippen LogP contribution is 2.45. The zero-order valence-corrected chi connectivity index (χ0v) is 18.9. The molecule has 0 fully saturated rings. The molecule has 2 aromatic carbocycles. The first-order chi connectivity index (χ1) is 15.8. The van der Waals surface area contributed by atoms with Crippen molar-refractivity contribution < 1.29 is 14.3 Å². The number of H-pyrrole nitrogens is 1. The van der Waals surface area contributed by atoms with E-state index >= 15 is 0 Å². The van der Waals surface area contributed by atoms with Crippen LogP contribution in [0.25, 0.3) is 0 Å². The van der Waals surface area contributed by atoms with Crippen LogP contribution in [0.5, 0.6) is 11.6 Å². The highest BCUT2D eigenvalue weighted by Gasteiger charge is 2.35. The number of hydrogen-bond acceptors (Lipinski definition) is 6. The molecule has 4 N–H and O–H groups in total. The number of allylic oxidation sites excluding steroid dienone is 1. The molecule has 0 saturated carbocycles. The lowest BCUT2D eigenvalue weighted by molar-refractivity contribution is -0.118. The van der Waals surface area contributed by atoms with Crippen LogP contribution in [-0.4, -0.2) is 22.7 Å². The quantitative estimate of drug-likeness (QED) is 0.549. The molecule has 2 heterocycles. The van der Waals surface area contributed by atoms with Crippen molar-refractivity contribution in [2.75, 3.05) is 11.9 Å². The number of carbonyl (C=O) groups is 1. The number of nitrogens with zero attached hydrogens (tertiary/aromatic N) is 2. The van der Waals surface area contributed by atoms with E-state index in [1.807, 2.05) is 58.0 Å². The molecule has 3 aromatic rings. The van der Waals surface area contributed by atoms with Gasteiger partial charge in [0.1, 0.15) is 17.4 Å². The van der Waals surface area contributed by atoms with Gasteiger partial charge in [0.2, 0.25) is 11.8 Å². The van der Waals surface area contributed by atoms with Crippen molar-refractivity contribution in [1.29, 1.82) is 5.26 Å². The van der Waals surface area contributed by atoms with Crippen LogP contribution < -0.4 is 20.5 Å². The molecule has 0 radical (unpaired) electrons. The molecule has 8 nitrogen and oxygen atoms in total. The average molecular weight is 444 g/mol. The van der Waals surface area contributed by atoms with Crippen LogP contribution in [0.3, 0.4) is 0 Å². The maximum Gasteiger partial charge on any atom is 0.262 e. The number of amides is 1. The summed E-state index contributed by atoms with van der Waals surface area (Å²) >= 11 is 0. The summed E-state index contributed by atoms with van der Waals surface area (Å²) in [6, 6.07) is 13.5. The van der Waals surface area contributed by atoms with Crippen LogP contribution in [0.2, 0.25) is 0 Å². The highest BCUT2D eigenvalue weighted by molar-refractivity contribution is 5.93. The summed E-state index contributed by atoms with van der Waals surface area (Å²) in [4.78, 5) is 12.7. The van der Waals surface area contributed by atoms with Gasteiger partial charge < -0.3 is 20.5 Å². The van der Waals surface area contributed by atoms with Crippen LogP contribution in [0.15, 0.2) is 47.9 Å². The van der Waals surface area contributed by atoms with Crippen molar-refractivity contribution in [1.82, 2.24) is 10.2 Å². The topological polar surface area (TPSA) is 126 Å². The molecular formula is C25H25N5O3. The number of hydrogen-bond donors (Lipinski definition) is 3. The Bertz CT molecular complexity index is 1290. The first-order valence-corrected chi connectivity index (χ1v) is 10.5. The van der Waals surface area contributed by atoms with E-state index in [-0.39, 0.29) is 24.0 Å². The number of rotatable bonds is 5. The van der Waals surface area contributed by atoms with Gasteiger partial charge in [0.15, 0.2) is 6.61 Å². The number of nitrogens with two attached hydrogens (primary N) is 1. The van der Waals surface area contributed by atoms with E-state index in [0.717, 1.165) is 28.1 Å². The number of aryl methyl sites for hydroxylation is 4. The second-order valence-corrected chi connectivity index (χ2v) is 8.14. The fourth-order valence-corrected chi connectivity index (χ4v) is 4.26. The second-order valence-electron chi connectivity index (χ2n) is 8.14. The second kappa shape index (κ2) is 8.71. The number of carbonyl (C=O) groups excluding carboxylic acids is 1. The lowest BCUT2D eigenvalue weighted by Gasteiger charge is -2.25. The van der Waals surface area contributed by atoms with Gasteiger partial charge in [0.05, 0.1) is 5.92 Å². The number of aromatic amines is 1. The number of benzene rings is 2. The third kappa shape index (κ3) is 4.13. The molecule has 0 bridgehead atoms. The SMILES string of the molecule is Cc1cc(C)c(NC(=O)COc2ccccc2C2C(C#N)=C(N)Oc3n[nH]c(C)c32)c(C)c1. The largest absolute Gasteiger partial charge is 0.483 e. The minimum atomic E-state index is -0.529. The molecule has 1 atom stereocenters. The van der Waals surface area contributed by atoms with Crippen LogP contribution in [0.4, 0.5) is 5.69 Å².